The molecule has 2 N–H and O–H groups in total. The van der Waals surface area contributed by atoms with Gasteiger partial charge in [0.25, 0.3) is 0 Å². The van der Waals surface area contributed by atoms with E-state index >= 15 is 0 Å². The Morgan fingerprint density at radius 1 is 1.39 bits per heavy atom. The van der Waals surface area contributed by atoms with Gasteiger partial charge in [-0.15, -0.1) is 0 Å². The van der Waals surface area contributed by atoms with Crippen LogP contribution in [0.15, 0.2) is 18.3 Å². The van der Waals surface area contributed by atoms with Crippen molar-refractivity contribution in [1.82, 2.24) is 15.1 Å². The lowest BCUT2D eigenvalue weighted by Crippen LogP contribution is -2.30. The molecule has 7 nitrogen and oxygen atoms in total. The number of benzene rings is 1. The average molecular weight is 317 g/mol. The molecule has 0 amide bonds. The fraction of sp³-hybridized carbons (Fsp3) is 0.375. The van der Waals surface area contributed by atoms with Gasteiger partial charge in [-0.1, -0.05) is 0 Å². The van der Waals surface area contributed by atoms with Gasteiger partial charge in [-0.3, -0.25) is 10.00 Å². The number of aromatic carboxylic acids is 1. The maximum Gasteiger partial charge on any atom is 0.336 e. The predicted octanol–water partition coefficient (Wildman–Crippen LogP) is 1.68. The van der Waals surface area contributed by atoms with Gasteiger partial charge in [0.2, 0.25) is 0 Å². The van der Waals surface area contributed by atoms with Crippen LogP contribution in [0.1, 0.15) is 27.2 Å². The van der Waals surface area contributed by atoms with Crippen LogP contribution in [0, 0.1) is 0 Å². The van der Waals surface area contributed by atoms with E-state index in [2.05, 4.69) is 15.1 Å². The van der Waals surface area contributed by atoms with Crippen LogP contribution in [-0.2, 0) is 19.5 Å². The van der Waals surface area contributed by atoms with E-state index in [-0.39, 0.29) is 5.56 Å². The lowest BCUT2D eigenvalue weighted by atomic mass is 10.0. The number of ether oxygens (including phenoxy) is 2. The molecule has 122 valence electrons. The minimum absolute atomic E-state index is 0.208. The molecule has 1 aliphatic rings. The molecule has 1 aliphatic heterocycles. The lowest BCUT2D eigenvalue weighted by molar-refractivity contribution is 0.0693. The molecule has 1 aromatic carbocycles. The highest BCUT2D eigenvalue weighted by Gasteiger charge is 2.23. The minimum atomic E-state index is -0.988. The molecule has 0 saturated carbocycles. The summed E-state index contributed by atoms with van der Waals surface area (Å²) in [6.45, 7) is 2.07. The molecule has 0 saturated heterocycles. The molecule has 23 heavy (non-hydrogen) atoms. The number of carboxylic acid groups (broad SMARTS) is 1. The number of carboxylic acids is 1. The van der Waals surface area contributed by atoms with Gasteiger partial charge in [-0.05, 0) is 6.07 Å². The first-order valence-corrected chi connectivity index (χ1v) is 7.34. The first kappa shape index (κ1) is 15.4. The largest absolute Gasteiger partial charge is 0.497 e. The molecule has 0 fully saturated rings. The number of methoxy groups -OCH3 is 2. The first-order chi connectivity index (χ1) is 11.1. The summed E-state index contributed by atoms with van der Waals surface area (Å²) < 4.78 is 10.5. The van der Waals surface area contributed by atoms with E-state index in [4.69, 9.17) is 9.47 Å². The summed E-state index contributed by atoms with van der Waals surface area (Å²) in [7, 11) is 3.04. The molecule has 0 radical (unpaired) electrons. The van der Waals surface area contributed by atoms with Gasteiger partial charge in [0.15, 0.2) is 0 Å². The quantitative estimate of drug-likeness (QED) is 0.872. The summed E-state index contributed by atoms with van der Waals surface area (Å²) in [5.41, 5.74) is 3.17. The molecule has 1 aromatic heterocycles. The molecule has 0 aliphatic carbocycles. The summed E-state index contributed by atoms with van der Waals surface area (Å²) in [4.78, 5) is 13.8. The Morgan fingerprint density at radius 3 is 2.91 bits per heavy atom. The van der Waals surface area contributed by atoms with Crippen LogP contribution in [0.4, 0.5) is 0 Å². The SMILES string of the molecule is COc1cc(OC)c(CN2CCc3[nH]ncc3C2)c(C(=O)O)c1. The maximum atomic E-state index is 11.6. The Labute approximate surface area is 133 Å². The Bertz CT molecular complexity index is 726. The number of hydrogen-bond donors (Lipinski definition) is 2. The van der Waals surface area contributed by atoms with Gasteiger partial charge in [0.1, 0.15) is 11.5 Å². The molecule has 0 bridgehead atoms. The first-order valence-electron chi connectivity index (χ1n) is 7.34. The summed E-state index contributed by atoms with van der Waals surface area (Å²) in [5, 5.41) is 16.6. The van der Waals surface area contributed by atoms with Crippen molar-refractivity contribution < 1.29 is 19.4 Å². The van der Waals surface area contributed by atoms with Crippen LogP contribution in [0.2, 0.25) is 0 Å². The molecule has 0 spiro atoms. The van der Waals surface area contributed by atoms with Crippen molar-refractivity contribution in [3.8, 4) is 11.5 Å². The van der Waals surface area contributed by atoms with Crippen molar-refractivity contribution in [2.24, 2.45) is 0 Å². The monoisotopic (exact) mass is 317 g/mol. The third-order valence-electron chi connectivity index (χ3n) is 4.13. The third kappa shape index (κ3) is 3.00. The van der Waals surface area contributed by atoms with E-state index in [9.17, 15) is 9.90 Å². The maximum absolute atomic E-state index is 11.6. The number of fused-ring (bicyclic) bond motifs is 1. The summed E-state index contributed by atoms with van der Waals surface area (Å²) in [6.07, 6.45) is 2.70. The number of nitrogens with zero attached hydrogens (tertiary/aromatic N) is 2. The second-order valence-electron chi connectivity index (χ2n) is 5.50. The predicted molar refractivity (Wildman–Crippen MR) is 82.9 cm³/mol. The van der Waals surface area contributed by atoms with Gasteiger partial charge >= 0.3 is 5.97 Å². The molecule has 2 aromatic rings. The summed E-state index contributed by atoms with van der Waals surface area (Å²) in [5.74, 6) is 0.0108. The van der Waals surface area contributed by atoms with E-state index in [1.165, 1.54) is 20.3 Å². The zero-order valence-electron chi connectivity index (χ0n) is 13.1. The average Bonchev–Trinajstić information content (AvgIpc) is 3.02. The zero-order valence-corrected chi connectivity index (χ0v) is 13.1. The van der Waals surface area contributed by atoms with Gasteiger partial charge in [-0.2, -0.15) is 5.10 Å². The van der Waals surface area contributed by atoms with Crippen LogP contribution in [0.25, 0.3) is 0 Å². The van der Waals surface area contributed by atoms with Crippen LogP contribution in [-0.4, -0.2) is 46.9 Å². The van der Waals surface area contributed by atoms with Crippen molar-refractivity contribution in [1.29, 1.82) is 0 Å². The van der Waals surface area contributed by atoms with Gasteiger partial charge in [0.05, 0.1) is 26.0 Å². The van der Waals surface area contributed by atoms with Crippen LogP contribution >= 0.6 is 0 Å². The number of aromatic nitrogens is 2. The number of hydrogen-bond acceptors (Lipinski definition) is 5. The van der Waals surface area contributed by atoms with Crippen LogP contribution < -0.4 is 9.47 Å². The number of aromatic amines is 1. The fourth-order valence-corrected chi connectivity index (χ4v) is 2.91. The Hall–Kier alpha value is -2.54. The van der Waals surface area contributed by atoms with Crippen molar-refractivity contribution >= 4 is 5.97 Å². The molecule has 0 unspecified atom stereocenters. The molecular weight excluding hydrogens is 298 g/mol. The highest BCUT2D eigenvalue weighted by atomic mass is 16.5. The number of rotatable bonds is 5. The van der Waals surface area contributed by atoms with Crippen molar-refractivity contribution in [2.45, 2.75) is 19.5 Å². The highest BCUT2D eigenvalue weighted by Crippen LogP contribution is 2.31. The van der Waals surface area contributed by atoms with Gasteiger partial charge < -0.3 is 14.6 Å². The molecular formula is C16H19N3O4. The van der Waals surface area contributed by atoms with Crippen molar-refractivity contribution in [3.63, 3.8) is 0 Å². The lowest BCUT2D eigenvalue weighted by Gasteiger charge is -2.27. The summed E-state index contributed by atoms with van der Waals surface area (Å²) in [6, 6.07) is 3.25. The molecule has 0 atom stereocenters. The van der Waals surface area contributed by atoms with E-state index in [0.29, 0.717) is 23.6 Å². The zero-order chi connectivity index (χ0) is 16.4. The van der Waals surface area contributed by atoms with Crippen LogP contribution in [0.5, 0.6) is 11.5 Å². The molecule has 7 heteroatoms. The van der Waals surface area contributed by atoms with E-state index in [1.807, 2.05) is 6.20 Å². The summed E-state index contributed by atoms with van der Waals surface area (Å²) >= 11 is 0. The normalized spacial score (nSPS) is 14.3. The second kappa shape index (κ2) is 6.29. The smallest absolute Gasteiger partial charge is 0.336 e. The Kier molecular flexibility index (Phi) is 4.20. The van der Waals surface area contributed by atoms with E-state index < -0.39 is 5.97 Å². The standard InChI is InChI=1S/C16H19N3O4/c1-22-11-5-12(16(20)21)13(15(6-11)23-2)9-19-4-3-14-10(8-19)7-17-18-14/h5-7H,3-4,8-9H2,1-2H3,(H,17,18)(H,20,21). The number of carbonyl (C=O) groups is 1. The molecule has 3 rings (SSSR count). The minimum Gasteiger partial charge on any atom is -0.497 e. The Morgan fingerprint density at radius 2 is 2.22 bits per heavy atom. The van der Waals surface area contributed by atoms with Crippen LogP contribution in [0.3, 0.4) is 0 Å². The fourth-order valence-electron chi connectivity index (χ4n) is 2.91. The van der Waals surface area contributed by atoms with Crippen molar-refractivity contribution in [3.05, 3.63) is 40.7 Å². The Balaban J connectivity index is 1.91. The highest BCUT2D eigenvalue weighted by molar-refractivity contribution is 5.91. The number of H-pyrrole nitrogens is 1. The second-order valence-corrected chi connectivity index (χ2v) is 5.50. The number of nitrogens with one attached hydrogen (secondary N) is 1. The molecule has 2 heterocycles. The van der Waals surface area contributed by atoms with E-state index in [1.54, 1.807) is 6.07 Å². The van der Waals surface area contributed by atoms with E-state index in [0.717, 1.165) is 30.8 Å². The van der Waals surface area contributed by atoms with Gasteiger partial charge in [0, 0.05) is 48.9 Å². The van der Waals surface area contributed by atoms with Crippen molar-refractivity contribution in [2.75, 3.05) is 20.8 Å². The topological polar surface area (TPSA) is 87.7 Å². The van der Waals surface area contributed by atoms with Gasteiger partial charge in [-0.25, -0.2) is 4.79 Å². The third-order valence-corrected chi connectivity index (χ3v) is 4.13.